The Bertz CT molecular complexity index is 1270. The van der Waals surface area contributed by atoms with E-state index < -0.39 is 0 Å². The first-order valence-corrected chi connectivity index (χ1v) is 8.77. The van der Waals surface area contributed by atoms with Gasteiger partial charge in [0.25, 0.3) is 0 Å². The molecule has 0 saturated heterocycles. The number of para-hydroxylation sites is 2. The Hall–Kier alpha value is -3.79. The molecular weight excluding hydrogens is 332 g/mol. The maximum atomic E-state index is 4.60. The van der Waals surface area contributed by atoms with Gasteiger partial charge in [-0.1, -0.05) is 30.3 Å². The second-order valence-corrected chi connectivity index (χ2v) is 6.36. The Morgan fingerprint density at radius 3 is 2.67 bits per heavy atom. The lowest BCUT2D eigenvalue weighted by Crippen LogP contribution is -1.92. The van der Waals surface area contributed by atoms with Gasteiger partial charge in [0.1, 0.15) is 6.33 Å². The SMILES string of the molecule is C(=N\c1ccc2ccncc2c1)/c1ccc(-n2cnc3ccccc32)cc1. The average Bonchev–Trinajstić information content (AvgIpc) is 3.17. The highest BCUT2D eigenvalue weighted by Crippen LogP contribution is 2.21. The van der Waals surface area contributed by atoms with Gasteiger partial charge in [-0.3, -0.25) is 14.5 Å². The van der Waals surface area contributed by atoms with E-state index in [2.05, 4.69) is 55.9 Å². The zero-order valence-electron chi connectivity index (χ0n) is 14.5. The summed E-state index contributed by atoms with van der Waals surface area (Å²) in [5.74, 6) is 0. The molecule has 0 unspecified atom stereocenters. The number of nitrogens with zero attached hydrogens (tertiary/aromatic N) is 4. The molecule has 128 valence electrons. The summed E-state index contributed by atoms with van der Waals surface area (Å²) in [6.45, 7) is 0. The first-order valence-electron chi connectivity index (χ1n) is 8.77. The Labute approximate surface area is 156 Å². The van der Waals surface area contributed by atoms with Crippen LogP contribution in [0.25, 0.3) is 27.5 Å². The Morgan fingerprint density at radius 1 is 0.852 bits per heavy atom. The van der Waals surface area contributed by atoms with Gasteiger partial charge < -0.3 is 0 Å². The third kappa shape index (κ3) is 2.98. The predicted molar refractivity (Wildman–Crippen MR) is 110 cm³/mol. The third-order valence-corrected chi connectivity index (χ3v) is 4.61. The maximum Gasteiger partial charge on any atom is 0.100 e. The number of benzene rings is 3. The minimum atomic E-state index is 0.917. The van der Waals surface area contributed by atoms with Crippen molar-refractivity contribution in [2.45, 2.75) is 0 Å². The molecule has 3 aromatic carbocycles. The summed E-state index contributed by atoms with van der Waals surface area (Å²) in [5, 5.41) is 2.26. The lowest BCUT2D eigenvalue weighted by Gasteiger charge is -2.04. The van der Waals surface area contributed by atoms with Crippen LogP contribution in [-0.4, -0.2) is 20.7 Å². The van der Waals surface area contributed by atoms with Crippen LogP contribution < -0.4 is 0 Å². The van der Waals surface area contributed by atoms with Crippen molar-refractivity contribution in [3.63, 3.8) is 0 Å². The number of hydrogen-bond acceptors (Lipinski definition) is 3. The van der Waals surface area contributed by atoms with E-state index in [1.165, 1.54) is 5.39 Å². The van der Waals surface area contributed by atoms with Crippen LogP contribution >= 0.6 is 0 Å². The van der Waals surface area contributed by atoms with Gasteiger partial charge in [0.2, 0.25) is 0 Å². The Morgan fingerprint density at radius 2 is 1.74 bits per heavy atom. The van der Waals surface area contributed by atoms with E-state index in [-0.39, 0.29) is 0 Å². The molecule has 0 atom stereocenters. The summed E-state index contributed by atoms with van der Waals surface area (Å²) in [6, 6.07) is 24.6. The van der Waals surface area contributed by atoms with Crippen molar-refractivity contribution in [3.8, 4) is 5.69 Å². The monoisotopic (exact) mass is 348 g/mol. The molecule has 2 aromatic heterocycles. The lowest BCUT2D eigenvalue weighted by atomic mass is 10.1. The molecule has 0 aliphatic heterocycles. The smallest absolute Gasteiger partial charge is 0.100 e. The summed E-state index contributed by atoms with van der Waals surface area (Å²) in [5.41, 5.74) is 5.14. The van der Waals surface area contributed by atoms with Crippen LogP contribution in [0.4, 0.5) is 5.69 Å². The summed E-state index contributed by atoms with van der Waals surface area (Å²) in [4.78, 5) is 13.2. The zero-order valence-corrected chi connectivity index (χ0v) is 14.5. The second kappa shape index (κ2) is 6.50. The fourth-order valence-corrected chi connectivity index (χ4v) is 3.19. The van der Waals surface area contributed by atoms with Gasteiger partial charge in [-0.2, -0.15) is 0 Å². The number of aliphatic imine (C=N–C) groups is 1. The van der Waals surface area contributed by atoms with E-state index >= 15 is 0 Å². The standard InChI is InChI=1S/C23H16N4/c1-2-4-23-22(3-1)26-16-27(23)21-9-5-17(6-10-21)14-25-20-8-7-18-11-12-24-15-19(18)13-20/h1-16H/b25-14+. The molecular formula is C23H16N4. The van der Waals surface area contributed by atoms with Crippen LogP contribution in [0, 0.1) is 0 Å². The molecule has 0 aliphatic rings. The summed E-state index contributed by atoms with van der Waals surface area (Å²) < 4.78 is 2.09. The zero-order chi connectivity index (χ0) is 18.1. The molecule has 5 aromatic rings. The van der Waals surface area contributed by atoms with Gasteiger partial charge in [-0.25, -0.2) is 4.98 Å². The molecule has 0 fully saturated rings. The van der Waals surface area contributed by atoms with Crippen molar-refractivity contribution >= 4 is 33.7 Å². The van der Waals surface area contributed by atoms with Crippen molar-refractivity contribution in [2.75, 3.05) is 0 Å². The summed E-state index contributed by atoms with van der Waals surface area (Å²) >= 11 is 0. The Balaban J connectivity index is 1.42. The van der Waals surface area contributed by atoms with Crippen LogP contribution in [0.3, 0.4) is 0 Å². The van der Waals surface area contributed by atoms with E-state index in [0.717, 1.165) is 33.4 Å². The lowest BCUT2D eigenvalue weighted by molar-refractivity contribution is 1.09. The van der Waals surface area contributed by atoms with Gasteiger partial charge in [-0.05, 0) is 53.4 Å². The first-order chi connectivity index (χ1) is 13.4. The Kier molecular flexibility index (Phi) is 3.72. The minimum Gasteiger partial charge on any atom is -0.299 e. The van der Waals surface area contributed by atoms with Crippen molar-refractivity contribution in [1.29, 1.82) is 0 Å². The number of hydrogen-bond donors (Lipinski definition) is 0. The molecule has 4 heteroatoms. The summed E-state index contributed by atoms with van der Waals surface area (Å²) in [7, 11) is 0. The molecule has 0 spiro atoms. The number of aromatic nitrogens is 3. The highest BCUT2D eigenvalue weighted by atomic mass is 15.0. The number of pyridine rings is 1. The van der Waals surface area contributed by atoms with Crippen molar-refractivity contribution in [3.05, 3.63) is 97.1 Å². The molecule has 0 bridgehead atoms. The van der Waals surface area contributed by atoms with E-state index in [1.54, 1.807) is 6.20 Å². The van der Waals surface area contributed by atoms with Crippen LogP contribution in [0.2, 0.25) is 0 Å². The van der Waals surface area contributed by atoms with Crippen LogP contribution in [0.15, 0.2) is 96.5 Å². The summed E-state index contributed by atoms with van der Waals surface area (Å²) in [6.07, 6.45) is 7.40. The quantitative estimate of drug-likeness (QED) is 0.414. The van der Waals surface area contributed by atoms with E-state index in [1.807, 2.05) is 55.1 Å². The van der Waals surface area contributed by atoms with Crippen LogP contribution in [-0.2, 0) is 0 Å². The van der Waals surface area contributed by atoms with E-state index in [4.69, 9.17) is 0 Å². The van der Waals surface area contributed by atoms with Gasteiger partial charge in [0, 0.05) is 29.7 Å². The number of rotatable bonds is 3. The maximum absolute atomic E-state index is 4.60. The normalized spacial score (nSPS) is 11.6. The molecule has 27 heavy (non-hydrogen) atoms. The molecule has 0 radical (unpaired) electrons. The second-order valence-electron chi connectivity index (χ2n) is 6.36. The molecule has 0 saturated carbocycles. The van der Waals surface area contributed by atoms with Crippen molar-refractivity contribution in [2.24, 2.45) is 4.99 Å². The van der Waals surface area contributed by atoms with Crippen LogP contribution in [0.5, 0.6) is 0 Å². The van der Waals surface area contributed by atoms with E-state index in [0.29, 0.717) is 0 Å². The highest BCUT2D eigenvalue weighted by molar-refractivity contribution is 5.87. The topological polar surface area (TPSA) is 43.1 Å². The fraction of sp³-hybridized carbons (Fsp3) is 0. The average molecular weight is 348 g/mol. The molecule has 0 amide bonds. The third-order valence-electron chi connectivity index (χ3n) is 4.61. The predicted octanol–water partition coefficient (Wildman–Crippen LogP) is 5.32. The highest BCUT2D eigenvalue weighted by Gasteiger charge is 2.03. The van der Waals surface area contributed by atoms with Gasteiger partial charge >= 0.3 is 0 Å². The van der Waals surface area contributed by atoms with Crippen LogP contribution in [0.1, 0.15) is 5.56 Å². The van der Waals surface area contributed by atoms with E-state index in [9.17, 15) is 0 Å². The van der Waals surface area contributed by atoms with Gasteiger partial charge in [0.15, 0.2) is 0 Å². The first kappa shape index (κ1) is 15.5. The largest absolute Gasteiger partial charge is 0.299 e. The molecule has 2 heterocycles. The molecule has 0 N–H and O–H groups in total. The molecule has 0 aliphatic carbocycles. The van der Waals surface area contributed by atoms with Crippen molar-refractivity contribution < 1.29 is 0 Å². The fourth-order valence-electron chi connectivity index (χ4n) is 3.19. The van der Waals surface area contributed by atoms with Crippen molar-refractivity contribution in [1.82, 2.24) is 14.5 Å². The minimum absolute atomic E-state index is 0.917. The van der Waals surface area contributed by atoms with Gasteiger partial charge in [0.05, 0.1) is 16.7 Å². The molecule has 4 nitrogen and oxygen atoms in total. The molecule has 5 rings (SSSR count). The van der Waals surface area contributed by atoms with Gasteiger partial charge in [-0.15, -0.1) is 0 Å². The number of imidazole rings is 1. The number of fused-ring (bicyclic) bond motifs is 2.